The number of nitrogens with one attached hydrogen (secondary N) is 1. The van der Waals surface area contributed by atoms with Crippen LogP contribution in [-0.2, 0) is 6.18 Å². The molecule has 0 heterocycles. The van der Waals surface area contributed by atoms with Gasteiger partial charge in [-0.1, -0.05) is 60.7 Å². The van der Waals surface area contributed by atoms with Crippen molar-refractivity contribution in [3.8, 4) is 0 Å². The topological polar surface area (TPSA) is 24.4 Å². The van der Waals surface area contributed by atoms with Crippen molar-refractivity contribution in [1.29, 1.82) is 0 Å². The van der Waals surface area contributed by atoms with Gasteiger partial charge in [-0.2, -0.15) is 18.3 Å². The Morgan fingerprint density at radius 1 is 0.741 bits per heavy atom. The predicted molar refractivity (Wildman–Crippen MR) is 104 cm³/mol. The summed E-state index contributed by atoms with van der Waals surface area (Å²) in [5.74, 6) is 0. The first-order valence-electron chi connectivity index (χ1n) is 8.40. The van der Waals surface area contributed by atoms with E-state index in [1.807, 2.05) is 48.5 Å². The number of anilines is 1. The Bertz CT molecular complexity index is 1090. The molecule has 0 aliphatic heterocycles. The molecule has 0 aromatic heterocycles. The number of alkyl halides is 3. The molecular formula is C22H15F3N2. The van der Waals surface area contributed by atoms with Crippen LogP contribution in [0.2, 0.25) is 0 Å². The van der Waals surface area contributed by atoms with Crippen LogP contribution in [0.4, 0.5) is 18.9 Å². The van der Waals surface area contributed by atoms with Gasteiger partial charge in [-0.3, -0.25) is 5.43 Å². The third kappa shape index (κ3) is 3.36. The van der Waals surface area contributed by atoms with Gasteiger partial charge in [0.05, 0.1) is 17.5 Å². The van der Waals surface area contributed by atoms with Crippen LogP contribution in [0.5, 0.6) is 0 Å². The van der Waals surface area contributed by atoms with Gasteiger partial charge in [-0.25, -0.2) is 0 Å². The summed E-state index contributed by atoms with van der Waals surface area (Å²) >= 11 is 0. The lowest BCUT2D eigenvalue weighted by Gasteiger charge is -2.12. The van der Waals surface area contributed by atoms with Gasteiger partial charge in [-0.05, 0) is 39.7 Å². The Morgan fingerprint density at radius 2 is 1.30 bits per heavy atom. The van der Waals surface area contributed by atoms with Crippen LogP contribution >= 0.6 is 0 Å². The molecule has 4 rings (SSSR count). The number of benzene rings is 4. The molecule has 0 unspecified atom stereocenters. The quantitative estimate of drug-likeness (QED) is 0.252. The highest BCUT2D eigenvalue weighted by molar-refractivity contribution is 6.13. The van der Waals surface area contributed by atoms with Crippen molar-refractivity contribution in [1.82, 2.24) is 0 Å². The Balaban J connectivity index is 1.78. The SMILES string of the molecule is FC(F)(F)c1ccccc1NN=Cc1c2ccccc2cc2ccccc12. The number of fused-ring (bicyclic) bond motifs is 2. The minimum atomic E-state index is -4.44. The molecule has 0 saturated carbocycles. The van der Waals surface area contributed by atoms with Gasteiger partial charge in [0.25, 0.3) is 0 Å². The van der Waals surface area contributed by atoms with Gasteiger partial charge in [-0.15, -0.1) is 0 Å². The van der Waals surface area contributed by atoms with Crippen LogP contribution in [0.3, 0.4) is 0 Å². The van der Waals surface area contributed by atoms with Gasteiger partial charge < -0.3 is 0 Å². The Morgan fingerprint density at radius 3 is 1.93 bits per heavy atom. The van der Waals surface area contributed by atoms with E-state index in [0.717, 1.165) is 33.2 Å². The number of para-hydroxylation sites is 1. The van der Waals surface area contributed by atoms with Crippen molar-refractivity contribution in [3.63, 3.8) is 0 Å². The van der Waals surface area contributed by atoms with E-state index in [1.165, 1.54) is 12.1 Å². The molecule has 0 spiro atoms. The minimum Gasteiger partial charge on any atom is -0.278 e. The maximum absolute atomic E-state index is 13.1. The highest BCUT2D eigenvalue weighted by Gasteiger charge is 2.33. The maximum atomic E-state index is 13.1. The molecular weight excluding hydrogens is 349 g/mol. The molecule has 0 amide bonds. The second-order valence-electron chi connectivity index (χ2n) is 6.15. The molecule has 0 fully saturated rings. The van der Waals surface area contributed by atoms with Crippen LogP contribution in [-0.4, -0.2) is 6.21 Å². The summed E-state index contributed by atoms with van der Waals surface area (Å²) in [6.07, 6.45) is -2.86. The average Bonchev–Trinajstić information content (AvgIpc) is 2.67. The van der Waals surface area contributed by atoms with Gasteiger partial charge in [0.2, 0.25) is 0 Å². The van der Waals surface area contributed by atoms with Crippen molar-refractivity contribution in [2.24, 2.45) is 5.10 Å². The van der Waals surface area contributed by atoms with Crippen LogP contribution in [0.25, 0.3) is 21.5 Å². The highest BCUT2D eigenvalue weighted by atomic mass is 19.4. The standard InChI is InChI=1S/C22H15F3N2/c23-22(24,25)20-11-5-6-12-21(20)27-26-14-19-17-9-3-1-7-15(17)13-16-8-2-4-10-18(16)19/h1-14,27H. The first-order valence-corrected chi connectivity index (χ1v) is 8.40. The fourth-order valence-electron chi connectivity index (χ4n) is 3.18. The molecule has 0 bridgehead atoms. The Labute approximate surface area is 153 Å². The van der Waals surface area contributed by atoms with Crippen molar-refractivity contribution in [2.45, 2.75) is 6.18 Å². The fourth-order valence-corrected chi connectivity index (χ4v) is 3.18. The summed E-state index contributed by atoms with van der Waals surface area (Å²) in [7, 11) is 0. The molecule has 0 aliphatic rings. The number of hydrogen-bond acceptors (Lipinski definition) is 2. The van der Waals surface area contributed by atoms with Gasteiger partial charge in [0.15, 0.2) is 0 Å². The highest BCUT2D eigenvalue weighted by Crippen LogP contribution is 2.34. The number of hydrogen-bond donors (Lipinski definition) is 1. The fraction of sp³-hybridized carbons (Fsp3) is 0.0455. The number of halogens is 3. The van der Waals surface area contributed by atoms with Crippen molar-refractivity contribution >= 4 is 33.4 Å². The maximum Gasteiger partial charge on any atom is 0.418 e. The van der Waals surface area contributed by atoms with E-state index >= 15 is 0 Å². The molecule has 0 radical (unpaired) electrons. The Kier molecular flexibility index (Phi) is 4.28. The Hall–Kier alpha value is -3.34. The summed E-state index contributed by atoms with van der Waals surface area (Å²) in [6.45, 7) is 0. The molecule has 1 N–H and O–H groups in total. The number of hydrazone groups is 1. The largest absolute Gasteiger partial charge is 0.418 e. The smallest absolute Gasteiger partial charge is 0.278 e. The number of nitrogens with zero attached hydrogens (tertiary/aromatic N) is 1. The minimum absolute atomic E-state index is 0.0780. The van der Waals surface area contributed by atoms with E-state index in [2.05, 4.69) is 16.6 Å². The first kappa shape index (κ1) is 17.1. The second-order valence-corrected chi connectivity index (χ2v) is 6.15. The van der Waals surface area contributed by atoms with Crippen molar-refractivity contribution < 1.29 is 13.2 Å². The molecule has 4 aromatic carbocycles. The zero-order chi connectivity index (χ0) is 18.9. The molecule has 0 atom stereocenters. The first-order chi connectivity index (χ1) is 13.0. The van der Waals surface area contributed by atoms with Gasteiger partial charge in [0, 0.05) is 5.56 Å². The lowest BCUT2D eigenvalue weighted by molar-refractivity contribution is -0.136. The van der Waals surface area contributed by atoms with Crippen LogP contribution in [0.15, 0.2) is 84.0 Å². The van der Waals surface area contributed by atoms with E-state index in [4.69, 9.17) is 0 Å². The second kappa shape index (κ2) is 6.76. The predicted octanol–water partition coefficient (Wildman–Crippen LogP) is 6.46. The molecule has 5 heteroatoms. The lowest BCUT2D eigenvalue weighted by atomic mass is 9.97. The molecule has 134 valence electrons. The van der Waals surface area contributed by atoms with E-state index in [9.17, 15) is 13.2 Å². The van der Waals surface area contributed by atoms with E-state index in [-0.39, 0.29) is 5.69 Å². The molecule has 0 saturated heterocycles. The third-order valence-corrected chi connectivity index (χ3v) is 4.42. The van der Waals surface area contributed by atoms with E-state index < -0.39 is 11.7 Å². The zero-order valence-electron chi connectivity index (χ0n) is 14.2. The monoisotopic (exact) mass is 364 g/mol. The van der Waals surface area contributed by atoms with Crippen molar-refractivity contribution in [3.05, 3.63) is 90.0 Å². The van der Waals surface area contributed by atoms with Gasteiger partial charge >= 0.3 is 6.18 Å². The number of rotatable bonds is 3. The van der Waals surface area contributed by atoms with E-state index in [0.29, 0.717) is 0 Å². The summed E-state index contributed by atoms with van der Waals surface area (Å²) in [6, 6.07) is 23.1. The van der Waals surface area contributed by atoms with Crippen LogP contribution in [0, 0.1) is 0 Å². The summed E-state index contributed by atoms with van der Waals surface area (Å²) < 4.78 is 39.4. The normalized spacial score (nSPS) is 12.1. The molecule has 2 nitrogen and oxygen atoms in total. The summed E-state index contributed by atoms with van der Waals surface area (Å²) in [4.78, 5) is 0. The zero-order valence-corrected chi connectivity index (χ0v) is 14.2. The van der Waals surface area contributed by atoms with Crippen LogP contribution in [0.1, 0.15) is 11.1 Å². The lowest BCUT2D eigenvalue weighted by Crippen LogP contribution is -2.08. The summed E-state index contributed by atoms with van der Waals surface area (Å²) in [5, 5.41) is 8.19. The molecule has 0 aliphatic carbocycles. The third-order valence-electron chi connectivity index (χ3n) is 4.42. The van der Waals surface area contributed by atoms with Crippen LogP contribution < -0.4 is 5.43 Å². The van der Waals surface area contributed by atoms with Crippen molar-refractivity contribution in [2.75, 3.05) is 5.43 Å². The summed E-state index contributed by atoms with van der Waals surface area (Å²) in [5.41, 5.74) is 2.59. The van der Waals surface area contributed by atoms with E-state index in [1.54, 1.807) is 12.3 Å². The molecule has 27 heavy (non-hydrogen) atoms. The molecule has 4 aromatic rings. The van der Waals surface area contributed by atoms with Gasteiger partial charge in [0.1, 0.15) is 0 Å². The average molecular weight is 364 g/mol.